The summed E-state index contributed by atoms with van der Waals surface area (Å²) in [6.07, 6.45) is 13.9. The van der Waals surface area contributed by atoms with Crippen LogP contribution in [0, 0.1) is 23.7 Å². The Hall–Kier alpha value is -1.24. The summed E-state index contributed by atoms with van der Waals surface area (Å²) in [4.78, 5) is 29.2. The maximum atomic E-state index is 10.6. The van der Waals surface area contributed by atoms with Crippen molar-refractivity contribution in [2.75, 3.05) is 0 Å². The van der Waals surface area contributed by atoms with E-state index in [9.17, 15) is 9.59 Å². The summed E-state index contributed by atoms with van der Waals surface area (Å²) >= 11 is 0. The number of carbonyl (C=O) groups excluding carboxylic acids is 2. The summed E-state index contributed by atoms with van der Waals surface area (Å²) in [5, 5.41) is 0. The number of hydrogen-bond acceptors (Lipinski definition) is 4. The van der Waals surface area contributed by atoms with E-state index < -0.39 is 0 Å². The quantitative estimate of drug-likeness (QED) is 0.537. The average Bonchev–Trinajstić information content (AvgIpc) is 2.58. The van der Waals surface area contributed by atoms with E-state index in [2.05, 4.69) is 23.8 Å². The molecule has 6 unspecified atom stereocenters. The second-order valence-corrected chi connectivity index (χ2v) is 7.51. The molecule has 0 spiro atoms. The summed E-state index contributed by atoms with van der Waals surface area (Å²) in [5.74, 6) is 2.64. The SMILES string of the molecule is CCC1CC(CC2CCC(N=C=O)C(CC)C2)CCC1N=C=O. The highest BCUT2D eigenvalue weighted by atomic mass is 16.1. The lowest BCUT2D eigenvalue weighted by molar-refractivity contribution is 0.155. The Bertz CT molecular complexity index is 424. The molecule has 2 saturated carbocycles. The van der Waals surface area contributed by atoms with Crippen molar-refractivity contribution in [2.45, 2.75) is 83.7 Å². The van der Waals surface area contributed by atoms with Gasteiger partial charge in [-0.3, -0.25) is 0 Å². The molecule has 2 fully saturated rings. The predicted octanol–water partition coefficient (Wildman–Crippen LogP) is 4.44. The Kier molecular flexibility index (Phi) is 7.20. The van der Waals surface area contributed by atoms with Gasteiger partial charge in [0.1, 0.15) is 0 Å². The van der Waals surface area contributed by atoms with Gasteiger partial charge in [0, 0.05) is 0 Å². The van der Waals surface area contributed by atoms with Gasteiger partial charge in [-0.2, -0.15) is 0 Å². The third kappa shape index (κ3) is 4.86. The Labute approximate surface area is 139 Å². The monoisotopic (exact) mass is 318 g/mol. The molecule has 0 aromatic carbocycles. The number of hydrogen-bond donors (Lipinski definition) is 0. The Balaban J connectivity index is 1.88. The largest absolute Gasteiger partial charge is 0.235 e. The fraction of sp³-hybridized carbons (Fsp3) is 0.895. The van der Waals surface area contributed by atoms with Crippen LogP contribution >= 0.6 is 0 Å². The van der Waals surface area contributed by atoms with Crippen LogP contribution in [0.5, 0.6) is 0 Å². The molecular weight excluding hydrogens is 288 g/mol. The highest BCUT2D eigenvalue weighted by Gasteiger charge is 2.34. The van der Waals surface area contributed by atoms with Gasteiger partial charge in [0.05, 0.1) is 12.1 Å². The van der Waals surface area contributed by atoms with E-state index in [0.717, 1.165) is 37.5 Å². The molecule has 0 aromatic rings. The summed E-state index contributed by atoms with van der Waals surface area (Å²) in [6, 6.07) is 0.407. The predicted molar refractivity (Wildman–Crippen MR) is 90.7 cm³/mol. The first-order valence-electron chi connectivity index (χ1n) is 9.35. The van der Waals surface area contributed by atoms with Crippen LogP contribution in [0.2, 0.25) is 0 Å². The highest BCUT2D eigenvalue weighted by Crippen LogP contribution is 2.41. The number of nitrogens with zero attached hydrogens (tertiary/aromatic N) is 2. The fourth-order valence-corrected chi connectivity index (χ4v) is 4.94. The lowest BCUT2D eigenvalue weighted by Crippen LogP contribution is -2.32. The molecule has 4 nitrogen and oxygen atoms in total. The van der Waals surface area contributed by atoms with Gasteiger partial charge in [-0.15, -0.1) is 0 Å². The minimum absolute atomic E-state index is 0.204. The molecular formula is C19H30N2O2. The van der Waals surface area contributed by atoms with Gasteiger partial charge in [0.15, 0.2) is 0 Å². The van der Waals surface area contributed by atoms with E-state index in [1.54, 1.807) is 12.2 Å². The summed E-state index contributed by atoms with van der Waals surface area (Å²) < 4.78 is 0. The first kappa shape index (κ1) is 18.1. The van der Waals surface area contributed by atoms with Crippen LogP contribution in [0.15, 0.2) is 9.98 Å². The smallest absolute Gasteiger partial charge is 0.211 e. The molecule has 0 heterocycles. The molecule has 2 aliphatic rings. The van der Waals surface area contributed by atoms with Crippen molar-refractivity contribution in [1.29, 1.82) is 0 Å². The van der Waals surface area contributed by atoms with Crippen LogP contribution in [0.3, 0.4) is 0 Å². The van der Waals surface area contributed by atoms with Crippen molar-refractivity contribution in [3.05, 3.63) is 0 Å². The molecule has 0 aliphatic heterocycles. The van der Waals surface area contributed by atoms with E-state index in [1.165, 1.54) is 32.1 Å². The lowest BCUT2D eigenvalue weighted by atomic mass is 9.69. The molecule has 0 amide bonds. The van der Waals surface area contributed by atoms with Crippen molar-refractivity contribution in [3.8, 4) is 0 Å². The topological polar surface area (TPSA) is 58.9 Å². The second kappa shape index (κ2) is 9.15. The van der Waals surface area contributed by atoms with Gasteiger partial charge in [-0.05, 0) is 68.6 Å². The summed E-state index contributed by atoms with van der Waals surface area (Å²) in [6.45, 7) is 4.41. The minimum Gasteiger partial charge on any atom is -0.211 e. The first-order valence-corrected chi connectivity index (χ1v) is 9.35. The molecule has 128 valence electrons. The normalized spacial score (nSPS) is 37.5. The second-order valence-electron chi connectivity index (χ2n) is 7.51. The molecule has 6 atom stereocenters. The fourth-order valence-electron chi connectivity index (χ4n) is 4.94. The van der Waals surface area contributed by atoms with Crippen LogP contribution in [0.25, 0.3) is 0 Å². The molecule has 2 aliphatic carbocycles. The van der Waals surface area contributed by atoms with Crippen LogP contribution < -0.4 is 0 Å². The molecule has 23 heavy (non-hydrogen) atoms. The van der Waals surface area contributed by atoms with Crippen molar-refractivity contribution in [3.63, 3.8) is 0 Å². The minimum atomic E-state index is 0.204. The van der Waals surface area contributed by atoms with Crippen LogP contribution in [0.1, 0.15) is 71.6 Å². The van der Waals surface area contributed by atoms with Crippen LogP contribution in [0.4, 0.5) is 0 Å². The Morgan fingerprint density at radius 2 is 1.22 bits per heavy atom. The average molecular weight is 318 g/mol. The molecule has 0 radical (unpaired) electrons. The number of rotatable bonds is 6. The van der Waals surface area contributed by atoms with Gasteiger partial charge in [0.2, 0.25) is 12.2 Å². The first-order chi connectivity index (χ1) is 11.2. The van der Waals surface area contributed by atoms with Gasteiger partial charge < -0.3 is 0 Å². The molecule has 0 bridgehead atoms. The molecule has 0 N–H and O–H groups in total. The van der Waals surface area contributed by atoms with Crippen LogP contribution in [-0.2, 0) is 9.59 Å². The van der Waals surface area contributed by atoms with Gasteiger partial charge in [0.25, 0.3) is 0 Å². The zero-order valence-electron chi connectivity index (χ0n) is 14.5. The lowest BCUT2D eigenvalue weighted by Gasteiger charge is -2.38. The maximum Gasteiger partial charge on any atom is 0.235 e. The standard InChI is InChI=1S/C19H30N2O2/c1-3-16-10-14(5-7-18(16)20-12-22)9-15-6-8-19(21-13-23)17(4-2)11-15/h14-19H,3-11H2,1-2H3. The van der Waals surface area contributed by atoms with Gasteiger partial charge in [-0.1, -0.05) is 26.7 Å². The molecule has 2 rings (SSSR count). The van der Waals surface area contributed by atoms with Crippen molar-refractivity contribution in [2.24, 2.45) is 33.7 Å². The van der Waals surface area contributed by atoms with Crippen molar-refractivity contribution < 1.29 is 9.59 Å². The third-order valence-corrected chi connectivity index (χ3v) is 6.25. The van der Waals surface area contributed by atoms with E-state index in [-0.39, 0.29) is 12.1 Å². The summed E-state index contributed by atoms with van der Waals surface area (Å²) in [7, 11) is 0. The van der Waals surface area contributed by atoms with Gasteiger partial charge in [-0.25, -0.2) is 19.6 Å². The Morgan fingerprint density at radius 3 is 1.57 bits per heavy atom. The van der Waals surface area contributed by atoms with E-state index in [4.69, 9.17) is 0 Å². The van der Waals surface area contributed by atoms with Crippen LogP contribution in [-0.4, -0.2) is 24.2 Å². The Morgan fingerprint density at radius 1 is 0.783 bits per heavy atom. The molecule has 0 saturated heterocycles. The van der Waals surface area contributed by atoms with E-state index in [0.29, 0.717) is 11.8 Å². The molecule has 4 heteroatoms. The number of isocyanates is 2. The highest BCUT2D eigenvalue weighted by molar-refractivity contribution is 5.34. The maximum absolute atomic E-state index is 10.6. The number of aliphatic imine (C=N–C) groups is 2. The van der Waals surface area contributed by atoms with E-state index >= 15 is 0 Å². The van der Waals surface area contributed by atoms with Gasteiger partial charge >= 0.3 is 0 Å². The summed E-state index contributed by atoms with van der Waals surface area (Å²) in [5.41, 5.74) is 0. The zero-order valence-corrected chi connectivity index (χ0v) is 14.5. The van der Waals surface area contributed by atoms with Crippen molar-refractivity contribution in [1.82, 2.24) is 0 Å². The van der Waals surface area contributed by atoms with E-state index in [1.807, 2.05) is 0 Å². The third-order valence-electron chi connectivity index (χ3n) is 6.25. The molecule has 0 aromatic heterocycles. The van der Waals surface area contributed by atoms with Crippen molar-refractivity contribution >= 4 is 12.2 Å². The zero-order chi connectivity index (χ0) is 16.7.